The highest BCUT2D eigenvalue weighted by molar-refractivity contribution is 5.77. The monoisotopic (exact) mass is 345 g/mol. The summed E-state index contributed by atoms with van der Waals surface area (Å²) >= 11 is 0. The van der Waals surface area contributed by atoms with E-state index in [0.717, 1.165) is 5.56 Å². The van der Waals surface area contributed by atoms with Crippen LogP contribution in [0, 0.1) is 6.92 Å². The summed E-state index contributed by atoms with van der Waals surface area (Å²) in [5, 5.41) is 5.33. The molecule has 0 saturated carbocycles. The Morgan fingerprint density at radius 1 is 1.29 bits per heavy atom. The zero-order valence-corrected chi connectivity index (χ0v) is 13.5. The van der Waals surface area contributed by atoms with Crippen LogP contribution in [0.5, 0.6) is 5.75 Å². The smallest absolute Gasteiger partial charge is 0.405 e. The van der Waals surface area contributed by atoms with E-state index in [1.165, 1.54) is 4.90 Å². The predicted octanol–water partition coefficient (Wildman–Crippen LogP) is 1.33. The number of rotatable bonds is 6. The molecule has 2 N–H and O–H groups in total. The van der Waals surface area contributed by atoms with E-state index in [1.54, 1.807) is 12.1 Å². The average Bonchev–Trinajstić information content (AvgIpc) is 2.54. The van der Waals surface area contributed by atoms with E-state index in [2.05, 4.69) is 10.6 Å². The van der Waals surface area contributed by atoms with Gasteiger partial charge in [-0.2, -0.15) is 13.2 Å². The molecule has 1 heterocycles. The molecule has 0 aromatic heterocycles. The van der Waals surface area contributed by atoms with Gasteiger partial charge in [0, 0.05) is 32.7 Å². The number of aryl methyl sites for hydroxylation is 1. The third-order valence-corrected chi connectivity index (χ3v) is 3.85. The number of hydrogen-bond donors (Lipinski definition) is 2. The van der Waals surface area contributed by atoms with Crippen molar-refractivity contribution >= 4 is 5.91 Å². The van der Waals surface area contributed by atoms with Crippen LogP contribution in [-0.2, 0) is 4.79 Å². The highest BCUT2D eigenvalue weighted by atomic mass is 19.4. The van der Waals surface area contributed by atoms with Crippen LogP contribution in [0.4, 0.5) is 13.2 Å². The van der Waals surface area contributed by atoms with Crippen molar-refractivity contribution in [3.63, 3.8) is 0 Å². The SMILES string of the molecule is Cc1ccc(OCC(=O)NCC(N2CCNCC2)C(F)(F)F)cc1. The standard InChI is InChI=1S/C16H22F3N3O2/c1-12-2-4-13(5-3-12)24-11-15(23)21-10-14(16(17,18)19)22-8-6-20-7-9-22/h2-5,14,20H,6-11H2,1H3,(H,21,23). The number of nitrogens with zero attached hydrogens (tertiary/aromatic N) is 1. The quantitative estimate of drug-likeness (QED) is 0.817. The van der Waals surface area contributed by atoms with E-state index in [9.17, 15) is 18.0 Å². The third kappa shape index (κ3) is 5.68. The molecule has 0 aliphatic carbocycles. The Hall–Kier alpha value is -1.80. The summed E-state index contributed by atoms with van der Waals surface area (Å²) in [5.41, 5.74) is 1.05. The molecule has 134 valence electrons. The zero-order chi connectivity index (χ0) is 17.6. The predicted molar refractivity (Wildman–Crippen MR) is 84.0 cm³/mol. The Bertz CT molecular complexity index is 528. The maximum absolute atomic E-state index is 13.2. The molecule has 1 atom stereocenters. The first-order valence-corrected chi connectivity index (χ1v) is 7.84. The largest absolute Gasteiger partial charge is 0.484 e. The van der Waals surface area contributed by atoms with Crippen LogP contribution in [0.15, 0.2) is 24.3 Å². The summed E-state index contributed by atoms with van der Waals surface area (Å²) in [4.78, 5) is 13.1. The van der Waals surface area contributed by atoms with Crippen molar-refractivity contribution in [2.24, 2.45) is 0 Å². The molecule has 8 heteroatoms. The Morgan fingerprint density at radius 3 is 2.50 bits per heavy atom. The highest BCUT2D eigenvalue weighted by Crippen LogP contribution is 2.24. The van der Waals surface area contributed by atoms with Crippen LogP contribution < -0.4 is 15.4 Å². The van der Waals surface area contributed by atoms with E-state index in [4.69, 9.17) is 4.74 Å². The normalized spacial score (nSPS) is 17.3. The molecule has 2 rings (SSSR count). The molecule has 1 aromatic carbocycles. The second-order valence-electron chi connectivity index (χ2n) is 5.75. The number of alkyl halides is 3. The lowest BCUT2D eigenvalue weighted by molar-refractivity contribution is -0.184. The van der Waals surface area contributed by atoms with Crippen LogP contribution >= 0.6 is 0 Å². The van der Waals surface area contributed by atoms with Gasteiger partial charge in [-0.1, -0.05) is 17.7 Å². The number of ether oxygens (including phenoxy) is 1. The molecule has 1 aliphatic rings. The van der Waals surface area contributed by atoms with Gasteiger partial charge in [0.25, 0.3) is 5.91 Å². The van der Waals surface area contributed by atoms with Gasteiger partial charge in [-0.05, 0) is 19.1 Å². The van der Waals surface area contributed by atoms with Gasteiger partial charge in [-0.15, -0.1) is 0 Å². The van der Waals surface area contributed by atoms with Crippen LogP contribution in [-0.4, -0.2) is 62.4 Å². The number of carbonyl (C=O) groups is 1. The van der Waals surface area contributed by atoms with Crippen LogP contribution in [0.3, 0.4) is 0 Å². The van der Waals surface area contributed by atoms with E-state index in [-0.39, 0.29) is 6.61 Å². The van der Waals surface area contributed by atoms with Gasteiger partial charge in [-0.25, -0.2) is 0 Å². The Balaban J connectivity index is 1.81. The lowest BCUT2D eigenvalue weighted by Crippen LogP contribution is -2.57. The van der Waals surface area contributed by atoms with Crippen molar-refractivity contribution in [3.8, 4) is 5.75 Å². The summed E-state index contributed by atoms with van der Waals surface area (Å²) < 4.78 is 44.9. The average molecular weight is 345 g/mol. The van der Waals surface area contributed by atoms with Gasteiger partial charge in [-0.3, -0.25) is 9.69 Å². The number of hydrogen-bond acceptors (Lipinski definition) is 4. The fourth-order valence-electron chi connectivity index (χ4n) is 2.49. The zero-order valence-electron chi connectivity index (χ0n) is 13.5. The summed E-state index contributed by atoms with van der Waals surface area (Å²) in [6.07, 6.45) is -4.39. The number of piperazine rings is 1. The fourth-order valence-corrected chi connectivity index (χ4v) is 2.49. The van der Waals surface area contributed by atoms with E-state index in [1.807, 2.05) is 19.1 Å². The van der Waals surface area contributed by atoms with Crippen LogP contribution in [0.2, 0.25) is 0 Å². The van der Waals surface area contributed by atoms with Crippen molar-refractivity contribution in [1.29, 1.82) is 0 Å². The molecule has 1 saturated heterocycles. The van der Waals surface area contributed by atoms with Crippen molar-refractivity contribution in [2.75, 3.05) is 39.3 Å². The minimum absolute atomic E-state index is 0.305. The van der Waals surface area contributed by atoms with Crippen molar-refractivity contribution in [2.45, 2.75) is 19.1 Å². The van der Waals surface area contributed by atoms with Gasteiger partial charge in [0.2, 0.25) is 0 Å². The molecule has 1 aromatic rings. The Labute approximate surface area is 139 Å². The summed E-state index contributed by atoms with van der Waals surface area (Å²) in [6.45, 7) is 2.77. The summed E-state index contributed by atoms with van der Waals surface area (Å²) in [6, 6.07) is 5.40. The maximum Gasteiger partial charge on any atom is 0.405 e. The van der Waals surface area contributed by atoms with Gasteiger partial charge >= 0.3 is 6.18 Å². The highest BCUT2D eigenvalue weighted by Gasteiger charge is 2.43. The number of nitrogens with one attached hydrogen (secondary N) is 2. The van der Waals surface area contributed by atoms with Gasteiger partial charge in [0.05, 0.1) is 0 Å². The van der Waals surface area contributed by atoms with Gasteiger partial charge in [0.15, 0.2) is 6.61 Å². The first-order chi connectivity index (χ1) is 11.4. The second-order valence-corrected chi connectivity index (χ2v) is 5.75. The van der Waals surface area contributed by atoms with Gasteiger partial charge in [0.1, 0.15) is 11.8 Å². The van der Waals surface area contributed by atoms with Crippen molar-refractivity contribution < 1.29 is 22.7 Å². The second kappa shape index (κ2) is 8.34. The lowest BCUT2D eigenvalue weighted by Gasteiger charge is -2.35. The summed E-state index contributed by atoms with van der Waals surface area (Å²) in [7, 11) is 0. The topological polar surface area (TPSA) is 53.6 Å². The van der Waals surface area contributed by atoms with Crippen molar-refractivity contribution in [1.82, 2.24) is 15.5 Å². The van der Waals surface area contributed by atoms with Crippen LogP contribution in [0.25, 0.3) is 0 Å². The lowest BCUT2D eigenvalue weighted by atomic mass is 10.2. The van der Waals surface area contributed by atoms with Crippen LogP contribution in [0.1, 0.15) is 5.56 Å². The molecule has 1 aliphatic heterocycles. The molecule has 1 unspecified atom stereocenters. The molecule has 0 bridgehead atoms. The van der Waals surface area contributed by atoms with E-state index < -0.39 is 24.7 Å². The molecule has 0 spiro atoms. The molecule has 24 heavy (non-hydrogen) atoms. The Morgan fingerprint density at radius 2 is 1.92 bits per heavy atom. The minimum atomic E-state index is -4.39. The van der Waals surface area contributed by atoms with Gasteiger partial charge < -0.3 is 15.4 Å². The number of carbonyl (C=O) groups excluding carboxylic acids is 1. The summed E-state index contributed by atoms with van der Waals surface area (Å²) in [5.74, 6) is -0.0646. The number of amides is 1. The minimum Gasteiger partial charge on any atom is -0.484 e. The first kappa shape index (κ1) is 18.5. The first-order valence-electron chi connectivity index (χ1n) is 7.84. The van der Waals surface area contributed by atoms with E-state index >= 15 is 0 Å². The number of benzene rings is 1. The van der Waals surface area contributed by atoms with Crippen molar-refractivity contribution in [3.05, 3.63) is 29.8 Å². The van der Waals surface area contributed by atoms with E-state index in [0.29, 0.717) is 31.9 Å². The maximum atomic E-state index is 13.2. The fraction of sp³-hybridized carbons (Fsp3) is 0.562. The molecule has 0 radical (unpaired) electrons. The number of halogens is 3. The third-order valence-electron chi connectivity index (χ3n) is 3.85. The molecular formula is C16H22F3N3O2. The molecular weight excluding hydrogens is 323 g/mol. The Kier molecular flexibility index (Phi) is 6.44. The molecule has 5 nitrogen and oxygen atoms in total. The molecule has 1 amide bonds. The molecule has 1 fully saturated rings.